The lowest BCUT2D eigenvalue weighted by Crippen LogP contribution is -2.38. The van der Waals surface area contributed by atoms with E-state index >= 15 is 0 Å². The minimum Gasteiger partial charge on any atom is -0.377 e. The van der Waals surface area contributed by atoms with Crippen LogP contribution in [-0.2, 0) is 28.9 Å². The zero-order valence-corrected chi connectivity index (χ0v) is 14.1. The third kappa shape index (κ3) is 3.27. The SMILES string of the molecule is COCc1nccc(NC2COCC2n2nc3c(cc2=O)CCC3)n1. The van der Waals surface area contributed by atoms with Crippen LogP contribution >= 0.6 is 0 Å². The summed E-state index contributed by atoms with van der Waals surface area (Å²) in [5.41, 5.74) is 2.06. The van der Waals surface area contributed by atoms with Crippen molar-refractivity contribution in [2.24, 2.45) is 0 Å². The summed E-state index contributed by atoms with van der Waals surface area (Å²) in [7, 11) is 1.61. The summed E-state index contributed by atoms with van der Waals surface area (Å²) < 4.78 is 12.3. The number of anilines is 1. The quantitative estimate of drug-likeness (QED) is 0.855. The zero-order valence-electron chi connectivity index (χ0n) is 14.1. The molecule has 2 aliphatic rings. The summed E-state index contributed by atoms with van der Waals surface area (Å²) in [6, 6.07) is 3.30. The predicted octanol–water partition coefficient (Wildman–Crippen LogP) is 0.720. The van der Waals surface area contributed by atoms with Gasteiger partial charge >= 0.3 is 0 Å². The van der Waals surface area contributed by atoms with Gasteiger partial charge in [-0.05, 0) is 30.9 Å². The van der Waals surface area contributed by atoms with Crippen LogP contribution in [0.2, 0.25) is 0 Å². The number of aromatic nitrogens is 4. The van der Waals surface area contributed by atoms with Crippen molar-refractivity contribution in [3.8, 4) is 0 Å². The number of rotatable bonds is 5. The number of hydrogen-bond acceptors (Lipinski definition) is 7. The Kier molecular flexibility index (Phi) is 4.46. The average molecular weight is 343 g/mol. The first kappa shape index (κ1) is 16.2. The molecule has 8 nitrogen and oxygen atoms in total. The lowest BCUT2D eigenvalue weighted by molar-refractivity contribution is 0.178. The molecular weight excluding hydrogens is 322 g/mol. The van der Waals surface area contributed by atoms with E-state index in [2.05, 4.69) is 20.4 Å². The molecular formula is C17H21N5O3. The summed E-state index contributed by atoms with van der Waals surface area (Å²) in [6.45, 7) is 1.31. The van der Waals surface area contributed by atoms with Crippen LogP contribution in [0.4, 0.5) is 5.82 Å². The summed E-state index contributed by atoms with van der Waals surface area (Å²) in [5, 5.41) is 7.96. The lowest BCUT2D eigenvalue weighted by Gasteiger charge is -2.21. The fraction of sp³-hybridized carbons (Fsp3) is 0.529. The third-order valence-electron chi connectivity index (χ3n) is 4.66. The van der Waals surface area contributed by atoms with Crippen LogP contribution in [0.5, 0.6) is 0 Å². The van der Waals surface area contributed by atoms with Crippen LogP contribution in [0.15, 0.2) is 23.1 Å². The number of nitrogens with one attached hydrogen (secondary N) is 1. The fourth-order valence-electron chi connectivity index (χ4n) is 3.44. The van der Waals surface area contributed by atoms with Crippen LogP contribution in [0, 0.1) is 0 Å². The number of aryl methyl sites for hydroxylation is 2. The van der Waals surface area contributed by atoms with Crippen molar-refractivity contribution in [3.63, 3.8) is 0 Å². The smallest absolute Gasteiger partial charge is 0.267 e. The predicted molar refractivity (Wildman–Crippen MR) is 90.5 cm³/mol. The normalized spacial score (nSPS) is 22.1. The van der Waals surface area contributed by atoms with Gasteiger partial charge in [0.05, 0.1) is 24.9 Å². The molecule has 2 atom stereocenters. The second-order valence-electron chi connectivity index (χ2n) is 6.40. The molecule has 0 bridgehead atoms. The van der Waals surface area contributed by atoms with Crippen molar-refractivity contribution in [1.29, 1.82) is 0 Å². The van der Waals surface area contributed by atoms with Gasteiger partial charge in [-0.15, -0.1) is 0 Å². The largest absolute Gasteiger partial charge is 0.377 e. The highest BCUT2D eigenvalue weighted by Crippen LogP contribution is 2.23. The molecule has 1 fully saturated rings. The number of nitrogens with zero attached hydrogens (tertiary/aromatic N) is 4. The minimum absolute atomic E-state index is 0.0642. The van der Waals surface area contributed by atoms with Crippen LogP contribution in [-0.4, -0.2) is 46.1 Å². The Morgan fingerprint density at radius 1 is 1.40 bits per heavy atom. The van der Waals surface area contributed by atoms with E-state index in [-0.39, 0.29) is 17.6 Å². The van der Waals surface area contributed by atoms with Crippen LogP contribution in [0.1, 0.15) is 29.5 Å². The van der Waals surface area contributed by atoms with Crippen molar-refractivity contribution < 1.29 is 9.47 Å². The number of hydrogen-bond donors (Lipinski definition) is 1. The molecule has 4 rings (SSSR count). The van der Waals surface area contributed by atoms with E-state index in [9.17, 15) is 4.79 Å². The van der Waals surface area contributed by atoms with Gasteiger partial charge in [-0.25, -0.2) is 14.6 Å². The topological polar surface area (TPSA) is 91.2 Å². The molecule has 1 aliphatic heterocycles. The maximum absolute atomic E-state index is 12.5. The van der Waals surface area contributed by atoms with Gasteiger partial charge in [0.15, 0.2) is 5.82 Å². The summed E-state index contributed by atoms with van der Waals surface area (Å²) in [4.78, 5) is 21.1. The van der Waals surface area contributed by atoms with Gasteiger partial charge in [0.1, 0.15) is 18.5 Å². The number of methoxy groups -OCH3 is 1. The maximum atomic E-state index is 12.5. The highest BCUT2D eigenvalue weighted by atomic mass is 16.5. The second kappa shape index (κ2) is 6.89. The van der Waals surface area contributed by atoms with Gasteiger partial charge in [0, 0.05) is 19.4 Å². The van der Waals surface area contributed by atoms with E-state index in [0.717, 1.165) is 30.5 Å². The van der Waals surface area contributed by atoms with Crippen molar-refractivity contribution in [1.82, 2.24) is 19.7 Å². The molecule has 1 saturated heterocycles. The van der Waals surface area contributed by atoms with Gasteiger partial charge in [-0.3, -0.25) is 4.79 Å². The molecule has 0 radical (unpaired) electrons. The Labute approximate surface area is 145 Å². The van der Waals surface area contributed by atoms with E-state index in [1.165, 1.54) is 0 Å². The Balaban J connectivity index is 1.57. The third-order valence-corrected chi connectivity index (χ3v) is 4.66. The molecule has 25 heavy (non-hydrogen) atoms. The van der Waals surface area contributed by atoms with E-state index in [1.54, 1.807) is 30.1 Å². The molecule has 0 aromatic carbocycles. The lowest BCUT2D eigenvalue weighted by atomic mass is 10.1. The van der Waals surface area contributed by atoms with E-state index in [1.807, 2.05) is 0 Å². The zero-order chi connectivity index (χ0) is 17.2. The van der Waals surface area contributed by atoms with Crippen molar-refractivity contribution >= 4 is 5.82 Å². The first-order valence-corrected chi connectivity index (χ1v) is 8.51. The van der Waals surface area contributed by atoms with Crippen molar-refractivity contribution in [2.75, 3.05) is 25.6 Å². The molecule has 132 valence electrons. The molecule has 1 aliphatic carbocycles. The molecule has 2 unspecified atom stereocenters. The fourth-order valence-corrected chi connectivity index (χ4v) is 3.44. The highest BCUT2D eigenvalue weighted by Gasteiger charge is 2.32. The van der Waals surface area contributed by atoms with E-state index in [4.69, 9.17) is 9.47 Å². The Hall–Kier alpha value is -2.32. The number of ether oxygens (including phenoxy) is 2. The van der Waals surface area contributed by atoms with Crippen LogP contribution in [0.3, 0.4) is 0 Å². The number of fused-ring (bicyclic) bond motifs is 1. The first-order valence-electron chi connectivity index (χ1n) is 8.51. The van der Waals surface area contributed by atoms with Gasteiger partial charge < -0.3 is 14.8 Å². The van der Waals surface area contributed by atoms with Gasteiger partial charge in [-0.2, -0.15) is 5.10 Å². The van der Waals surface area contributed by atoms with Crippen LogP contribution in [0.25, 0.3) is 0 Å². The van der Waals surface area contributed by atoms with Crippen molar-refractivity contribution in [3.05, 3.63) is 45.8 Å². The Bertz CT molecular complexity index is 822. The molecule has 1 N–H and O–H groups in total. The second-order valence-corrected chi connectivity index (χ2v) is 6.40. The Morgan fingerprint density at radius 2 is 2.32 bits per heavy atom. The molecule has 0 spiro atoms. The summed E-state index contributed by atoms with van der Waals surface area (Å²) in [5.74, 6) is 1.30. The van der Waals surface area contributed by atoms with Crippen molar-refractivity contribution in [2.45, 2.75) is 38.0 Å². The van der Waals surface area contributed by atoms with E-state index < -0.39 is 0 Å². The average Bonchev–Trinajstić information content (AvgIpc) is 3.23. The molecule has 2 aromatic rings. The highest BCUT2D eigenvalue weighted by molar-refractivity contribution is 5.35. The molecule has 3 heterocycles. The summed E-state index contributed by atoms with van der Waals surface area (Å²) >= 11 is 0. The van der Waals surface area contributed by atoms with Gasteiger partial charge in [-0.1, -0.05) is 0 Å². The molecule has 0 amide bonds. The first-order chi connectivity index (χ1) is 12.2. The van der Waals surface area contributed by atoms with Gasteiger partial charge in [0.25, 0.3) is 5.56 Å². The van der Waals surface area contributed by atoms with E-state index in [0.29, 0.717) is 31.5 Å². The molecule has 2 aromatic heterocycles. The summed E-state index contributed by atoms with van der Waals surface area (Å²) in [6.07, 6.45) is 4.64. The van der Waals surface area contributed by atoms with Crippen LogP contribution < -0.4 is 10.9 Å². The monoisotopic (exact) mass is 343 g/mol. The Morgan fingerprint density at radius 3 is 3.20 bits per heavy atom. The van der Waals surface area contributed by atoms with Gasteiger partial charge in [0.2, 0.25) is 0 Å². The molecule has 8 heteroatoms. The molecule has 0 saturated carbocycles. The maximum Gasteiger partial charge on any atom is 0.267 e. The minimum atomic E-state index is -0.153. The standard InChI is InChI=1S/C17H21N5O3/c1-24-10-16-18-6-5-15(20-16)19-13-8-25-9-14(13)22-17(23)7-11-3-2-4-12(11)21-22/h5-7,13-14H,2-4,8-10H2,1H3,(H,18,19,20).